The molecule has 5 aromatic rings. The van der Waals surface area contributed by atoms with Crippen LogP contribution in [0.1, 0.15) is 34.6 Å². The first kappa shape index (κ1) is 22.2. The van der Waals surface area contributed by atoms with Gasteiger partial charge in [-0.15, -0.1) is 0 Å². The van der Waals surface area contributed by atoms with Gasteiger partial charge in [-0.3, -0.25) is 9.59 Å². The van der Waals surface area contributed by atoms with Crippen LogP contribution in [-0.2, 0) is 16.2 Å². The van der Waals surface area contributed by atoms with Crippen molar-refractivity contribution in [3.8, 4) is 0 Å². The van der Waals surface area contributed by atoms with Gasteiger partial charge in [-0.1, -0.05) is 65.8 Å². The SMILES string of the molecule is CCn1c2ccccc2c2cc(C(=O)C(=NOC(C)=O)C(=O)c3cccc4ccccc34)ccc21. The molecule has 4 aromatic carbocycles. The Labute approximate surface area is 201 Å². The second kappa shape index (κ2) is 8.99. The highest BCUT2D eigenvalue weighted by atomic mass is 16.7. The highest BCUT2D eigenvalue weighted by Gasteiger charge is 2.27. The Bertz CT molecular complexity index is 1670. The number of ketones is 2. The smallest absolute Gasteiger partial charge is 0.332 e. The first-order valence-corrected chi connectivity index (χ1v) is 11.3. The van der Waals surface area contributed by atoms with E-state index in [1.54, 1.807) is 24.3 Å². The molecular formula is C29H22N2O4. The lowest BCUT2D eigenvalue weighted by Crippen LogP contribution is -2.25. The number of aromatic nitrogens is 1. The molecule has 6 nitrogen and oxygen atoms in total. The molecule has 1 heterocycles. The highest BCUT2D eigenvalue weighted by Crippen LogP contribution is 2.30. The maximum atomic E-state index is 13.6. The van der Waals surface area contributed by atoms with E-state index in [1.807, 2.05) is 60.7 Å². The number of nitrogens with zero attached hydrogens (tertiary/aromatic N) is 2. The fourth-order valence-electron chi connectivity index (χ4n) is 4.52. The van der Waals surface area contributed by atoms with E-state index in [1.165, 1.54) is 6.92 Å². The normalized spacial score (nSPS) is 11.8. The Balaban J connectivity index is 1.64. The molecule has 0 saturated heterocycles. The first-order chi connectivity index (χ1) is 17.0. The average molecular weight is 463 g/mol. The second-order valence-corrected chi connectivity index (χ2v) is 8.20. The van der Waals surface area contributed by atoms with Crippen molar-refractivity contribution in [2.24, 2.45) is 5.16 Å². The van der Waals surface area contributed by atoms with Crippen LogP contribution in [-0.4, -0.2) is 27.8 Å². The summed E-state index contributed by atoms with van der Waals surface area (Å²) in [5.74, 6) is -1.94. The number of Topliss-reactive ketones (excluding diaryl/α,β-unsaturated/α-hetero) is 2. The van der Waals surface area contributed by atoms with Crippen molar-refractivity contribution in [1.29, 1.82) is 0 Å². The fraction of sp³-hybridized carbons (Fsp3) is 0.103. The van der Waals surface area contributed by atoms with E-state index in [-0.39, 0.29) is 5.56 Å². The number of carbonyl (C=O) groups is 3. The molecule has 0 unspecified atom stereocenters. The zero-order valence-corrected chi connectivity index (χ0v) is 19.3. The van der Waals surface area contributed by atoms with Gasteiger partial charge in [0, 0.05) is 46.4 Å². The largest absolute Gasteiger partial charge is 0.341 e. The van der Waals surface area contributed by atoms with Crippen LogP contribution in [0.3, 0.4) is 0 Å². The van der Waals surface area contributed by atoms with E-state index in [2.05, 4.69) is 16.6 Å². The summed E-state index contributed by atoms with van der Waals surface area (Å²) in [6.07, 6.45) is 0. The number of rotatable bonds is 6. The molecule has 0 aliphatic rings. The molecule has 0 N–H and O–H groups in total. The minimum absolute atomic E-state index is 0.288. The summed E-state index contributed by atoms with van der Waals surface area (Å²) < 4.78 is 2.17. The van der Waals surface area contributed by atoms with Crippen LogP contribution < -0.4 is 0 Å². The van der Waals surface area contributed by atoms with Crippen LogP contribution in [0, 0.1) is 0 Å². The zero-order chi connectivity index (χ0) is 24.5. The zero-order valence-electron chi connectivity index (χ0n) is 19.3. The van der Waals surface area contributed by atoms with Crippen molar-refractivity contribution in [3.63, 3.8) is 0 Å². The molecule has 1 aromatic heterocycles. The quantitative estimate of drug-likeness (QED) is 0.103. The van der Waals surface area contributed by atoms with Crippen molar-refractivity contribution in [2.75, 3.05) is 0 Å². The Morgan fingerprint density at radius 2 is 1.46 bits per heavy atom. The summed E-state index contributed by atoms with van der Waals surface area (Å²) in [6, 6.07) is 25.9. The number of hydrogen-bond donors (Lipinski definition) is 0. The summed E-state index contributed by atoms with van der Waals surface area (Å²) in [4.78, 5) is 43.4. The van der Waals surface area contributed by atoms with Crippen LogP contribution >= 0.6 is 0 Å². The number of hydrogen-bond acceptors (Lipinski definition) is 5. The lowest BCUT2D eigenvalue weighted by atomic mass is 9.95. The van der Waals surface area contributed by atoms with E-state index in [9.17, 15) is 14.4 Å². The molecule has 35 heavy (non-hydrogen) atoms. The van der Waals surface area contributed by atoms with Gasteiger partial charge in [0.25, 0.3) is 0 Å². The predicted molar refractivity (Wildman–Crippen MR) is 137 cm³/mol. The summed E-state index contributed by atoms with van der Waals surface area (Å²) in [6.45, 7) is 4.01. The van der Waals surface area contributed by atoms with Gasteiger partial charge in [-0.2, -0.15) is 0 Å². The molecule has 0 amide bonds. The monoisotopic (exact) mass is 462 g/mol. The fourth-order valence-corrected chi connectivity index (χ4v) is 4.52. The van der Waals surface area contributed by atoms with Crippen molar-refractivity contribution in [1.82, 2.24) is 4.57 Å². The van der Waals surface area contributed by atoms with Crippen LogP contribution in [0.15, 0.2) is 90.1 Å². The van der Waals surface area contributed by atoms with Gasteiger partial charge in [0.2, 0.25) is 11.6 Å². The van der Waals surface area contributed by atoms with E-state index >= 15 is 0 Å². The van der Waals surface area contributed by atoms with Gasteiger partial charge in [-0.25, -0.2) is 4.79 Å². The van der Waals surface area contributed by atoms with E-state index in [0.29, 0.717) is 10.9 Å². The van der Waals surface area contributed by atoms with Crippen molar-refractivity contribution in [3.05, 3.63) is 96.1 Å². The topological polar surface area (TPSA) is 77.7 Å². The number of benzene rings is 4. The van der Waals surface area contributed by atoms with Crippen LogP contribution in [0.25, 0.3) is 32.6 Å². The minimum Gasteiger partial charge on any atom is -0.341 e. The second-order valence-electron chi connectivity index (χ2n) is 8.20. The van der Waals surface area contributed by atoms with Crippen molar-refractivity contribution in [2.45, 2.75) is 20.4 Å². The Morgan fingerprint density at radius 3 is 2.23 bits per heavy atom. The molecule has 0 atom stereocenters. The molecule has 6 heteroatoms. The molecule has 5 rings (SSSR count). The highest BCUT2D eigenvalue weighted by molar-refractivity contribution is 6.72. The van der Waals surface area contributed by atoms with Crippen molar-refractivity contribution >= 4 is 55.8 Å². The lowest BCUT2D eigenvalue weighted by Gasteiger charge is -2.08. The van der Waals surface area contributed by atoms with Crippen LogP contribution in [0.5, 0.6) is 0 Å². The number of fused-ring (bicyclic) bond motifs is 4. The van der Waals surface area contributed by atoms with Crippen molar-refractivity contribution < 1.29 is 19.2 Å². The standard InChI is InChI=1S/C29H22N2O4/c1-3-31-25-14-7-6-12-22(25)24-17-20(15-16-26(24)31)28(33)27(30-35-18(2)32)29(34)23-13-8-10-19-9-4-5-11-21(19)23/h4-17H,3H2,1-2H3. The summed E-state index contributed by atoms with van der Waals surface area (Å²) >= 11 is 0. The van der Waals surface area contributed by atoms with Gasteiger partial charge in [0.05, 0.1) is 0 Å². The van der Waals surface area contributed by atoms with E-state index in [4.69, 9.17) is 4.84 Å². The molecule has 0 aliphatic carbocycles. The van der Waals surface area contributed by atoms with Crippen LogP contribution in [0.2, 0.25) is 0 Å². The van der Waals surface area contributed by atoms with Gasteiger partial charge >= 0.3 is 5.97 Å². The number of carbonyl (C=O) groups excluding carboxylic acids is 3. The summed E-state index contributed by atoms with van der Waals surface area (Å²) in [7, 11) is 0. The molecule has 0 spiro atoms. The van der Waals surface area contributed by atoms with Gasteiger partial charge in [-0.05, 0) is 42.0 Å². The van der Waals surface area contributed by atoms with E-state index in [0.717, 1.165) is 33.7 Å². The van der Waals surface area contributed by atoms with Gasteiger partial charge < -0.3 is 9.40 Å². The molecular weight excluding hydrogens is 440 g/mol. The number of para-hydroxylation sites is 1. The minimum atomic E-state index is -0.720. The molecule has 0 fully saturated rings. The van der Waals surface area contributed by atoms with E-state index < -0.39 is 23.2 Å². The lowest BCUT2D eigenvalue weighted by molar-refractivity contribution is -0.140. The third-order valence-electron chi connectivity index (χ3n) is 6.08. The Hall–Kier alpha value is -4.58. The van der Waals surface area contributed by atoms with Gasteiger partial charge in [0.1, 0.15) is 0 Å². The molecule has 0 radical (unpaired) electrons. The third kappa shape index (κ3) is 3.89. The molecule has 0 saturated carbocycles. The molecule has 172 valence electrons. The van der Waals surface area contributed by atoms with Gasteiger partial charge in [0.15, 0.2) is 5.71 Å². The predicted octanol–water partition coefficient (Wildman–Crippen LogP) is 5.95. The number of oxime groups is 1. The first-order valence-electron chi connectivity index (χ1n) is 11.3. The maximum absolute atomic E-state index is 13.6. The Kier molecular flexibility index (Phi) is 5.71. The molecule has 0 bridgehead atoms. The summed E-state index contributed by atoms with van der Waals surface area (Å²) in [5, 5.41) is 7.16. The average Bonchev–Trinajstić information content (AvgIpc) is 3.21. The number of aryl methyl sites for hydroxylation is 1. The Morgan fingerprint density at radius 1 is 0.771 bits per heavy atom. The maximum Gasteiger partial charge on any atom is 0.332 e. The molecule has 0 aliphatic heterocycles. The third-order valence-corrected chi connectivity index (χ3v) is 6.08. The van der Waals surface area contributed by atoms with Crippen LogP contribution in [0.4, 0.5) is 0 Å². The summed E-state index contributed by atoms with van der Waals surface area (Å²) in [5.41, 5.74) is 2.21.